The Morgan fingerprint density at radius 1 is 1.50 bits per heavy atom. The maximum Gasteiger partial charge on any atom is 0.313 e. The van der Waals surface area contributed by atoms with Crippen molar-refractivity contribution >= 4 is 23.2 Å². The Bertz CT molecular complexity index is 768. The Morgan fingerprint density at radius 2 is 2.29 bits per heavy atom. The molecule has 8 heteroatoms. The molecule has 0 saturated carbocycles. The topological polar surface area (TPSA) is 92.9 Å². The number of carbonyl (C=O) groups is 2. The van der Waals surface area contributed by atoms with E-state index in [2.05, 4.69) is 4.98 Å². The molecule has 0 bridgehead atoms. The van der Waals surface area contributed by atoms with Gasteiger partial charge in [-0.3, -0.25) is 9.59 Å². The summed E-state index contributed by atoms with van der Waals surface area (Å²) in [5, 5.41) is 11.8. The number of rotatable bonds is 5. The van der Waals surface area contributed by atoms with Gasteiger partial charge in [0.25, 0.3) is 5.91 Å². The molecule has 7 nitrogen and oxygen atoms in total. The molecule has 3 heterocycles. The number of aliphatic carboxylic acids is 1. The van der Waals surface area contributed by atoms with E-state index in [4.69, 9.17) is 9.15 Å². The predicted molar refractivity (Wildman–Crippen MR) is 87.0 cm³/mol. The van der Waals surface area contributed by atoms with Crippen LogP contribution in [0.2, 0.25) is 0 Å². The highest BCUT2D eigenvalue weighted by molar-refractivity contribution is 7.13. The van der Waals surface area contributed by atoms with Gasteiger partial charge in [-0.05, 0) is 25.5 Å². The number of methoxy groups -OCH3 is 1. The number of aryl methyl sites for hydroxylation is 1. The fourth-order valence-electron chi connectivity index (χ4n) is 2.87. The maximum atomic E-state index is 12.6. The summed E-state index contributed by atoms with van der Waals surface area (Å²) < 4.78 is 10.6. The third kappa shape index (κ3) is 2.94. The minimum absolute atomic E-state index is 0.0834. The summed E-state index contributed by atoms with van der Waals surface area (Å²) in [6.07, 6.45) is 0.371. The molecule has 0 aliphatic carbocycles. The number of thiazole rings is 1. The molecule has 1 N–H and O–H groups in total. The van der Waals surface area contributed by atoms with Gasteiger partial charge in [0.2, 0.25) is 0 Å². The van der Waals surface area contributed by atoms with Crippen molar-refractivity contribution in [1.29, 1.82) is 0 Å². The van der Waals surface area contributed by atoms with Crippen LogP contribution in [-0.4, -0.2) is 53.7 Å². The van der Waals surface area contributed by atoms with E-state index >= 15 is 0 Å². The van der Waals surface area contributed by atoms with E-state index in [0.29, 0.717) is 29.4 Å². The largest absolute Gasteiger partial charge is 0.481 e. The van der Waals surface area contributed by atoms with Crippen LogP contribution in [0.25, 0.3) is 10.8 Å². The lowest BCUT2D eigenvalue weighted by Crippen LogP contribution is -2.40. The molecule has 1 fully saturated rings. The molecule has 1 saturated heterocycles. The molecule has 0 radical (unpaired) electrons. The van der Waals surface area contributed by atoms with Gasteiger partial charge in [0.1, 0.15) is 16.9 Å². The number of nitrogens with zero attached hydrogens (tertiary/aromatic N) is 2. The number of ether oxygens (including phenoxy) is 1. The highest BCUT2D eigenvalue weighted by Gasteiger charge is 2.46. The highest BCUT2D eigenvalue weighted by atomic mass is 32.1. The monoisotopic (exact) mass is 350 g/mol. The van der Waals surface area contributed by atoms with Gasteiger partial charge in [-0.1, -0.05) is 0 Å². The quantitative estimate of drug-likeness (QED) is 0.889. The van der Waals surface area contributed by atoms with Gasteiger partial charge in [-0.15, -0.1) is 11.3 Å². The summed E-state index contributed by atoms with van der Waals surface area (Å²) in [6, 6.07) is 3.65. The van der Waals surface area contributed by atoms with Crippen molar-refractivity contribution in [2.45, 2.75) is 13.3 Å². The molecule has 24 heavy (non-hydrogen) atoms. The van der Waals surface area contributed by atoms with Gasteiger partial charge in [-0.2, -0.15) is 0 Å². The molecular formula is C16H18N2O5S. The number of aromatic nitrogens is 1. The lowest BCUT2D eigenvalue weighted by Gasteiger charge is -2.23. The standard InChI is InChI=1S/C16H18N2O5S/c1-10-3-4-12(23-10)13-17-11(7-24-13)14(19)18-6-5-16(8-18,9-22-2)15(20)21/h3-4,7H,5-6,8-9H2,1-2H3,(H,20,21). The van der Waals surface area contributed by atoms with E-state index in [1.165, 1.54) is 23.3 Å². The van der Waals surface area contributed by atoms with Gasteiger partial charge in [-0.25, -0.2) is 4.98 Å². The van der Waals surface area contributed by atoms with Crippen molar-refractivity contribution in [3.8, 4) is 10.8 Å². The zero-order valence-corrected chi connectivity index (χ0v) is 14.3. The lowest BCUT2D eigenvalue weighted by atomic mass is 9.88. The zero-order valence-electron chi connectivity index (χ0n) is 13.4. The summed E-state index contributed by atoms with van der Waals surface area (Å²) in [6.45, 7) is 2.43. The molecule has 1 unspecified atom stereocenters. The van der Waals surface area contributed by atoms with Crippen LogP contribution in [0.1, 0.15) is 22.7 Å². The van der Waals surface area contributed by atoms with Crippen molar-refractivity contribution in [2.75, 3.05) is 26.8 Å². The number of furan rings is 1. The average molecular weight is 350 g/mol. The second-order valence-corrected chi connectivity index (χ2v) is 6.80. The van der Waals surface area contributed by atoms with Crippen molar-refractivity contribution < 1.29 is 23.8 Å². The van der Waals surface area contributed by atoms with Crippen LogP contribution < -0.4 is 0 Å². The number of hydrogen-bond donors (Lipinski definition) is 1. The molecule has 0 aromatic carbocycles. The number of carboxylic acids is 1. The molecular weight excluding hydrogens is 332 g/mol. The molecule has 1 atom stereocenters. The third-order valence-electron chi connectivity index (χ3n) is 4.19. The van der Waals surface area contributed by atoms with Crippen molar-refractivity contribution in [2.24, 2.45) is 5.41 Å². The smallest absolute Gasteiger partial charge is 0.313 e. The number of carbonyl (C=O) groups excluding carboxylic acids is 1. The SMILES string of the molecule is COCC1(C(=O)O)CCN(C(=O)c2csc(-c3ccc(C)o3)n2)C1. The summed E-state index contributed by atoms with van der Waals surface area (Å²) >= 11 is 1.33. The van der Waals surface area contributed by atoms with E-state index in [9.17, 15) is 14.7 Å². The third-order valence-corrected chi connectivity index (χ3v) is 5.05. The first-order valence-corrected chi connectivity index (χ1v) is 8.37. The lowest BCUT2D eigenvalue weighted by molar-refractivity contribution is -0.151. The van der Waals surface area contributed by atoms with Crippen LogP contribution in [0.15, 0.2) is 21.9 Å². The van der Waals surface area contributed by atoms with Crippen LogP contribution in [-0.2, 0) is 9.53 Å². The van der Waals surface area contributed by atoms with Crippen LogP contribution in [0, 0.1) is 12.3 Å². The highest BCUT2D eigenvalue weighted by Crippen LogP contribution is 2.33. The van der Waals surface area contributed by atoms with Gasteiger partial charge in [0.05, 0.1) is 6.61 Å². The zero-order chi connectivity index (χ0) is 17.3. The Hall–Kier alpha value is -2.19. The van der Waals surface area contributed by atoms with E-state index in [0.717, 1.165) is 5.76 Å². The molecule has 3 rings (SSSR count). The Balaban J connectivity index is 1.76. The fraction of sp³-hybridized carbons (Fsp3) is 0.438. The molecule has 2 aromatic heterocycles. The Kier molecular flexibility index (Phi) is 4.42. The molecule has 0 spiro atoms. The number of likely N-dealkylation sites (tertiary alicyclic amines) is 1. The Labute approximate surface area is 142 Å². The van der Waals surface area contributed by atoms with E-state index < -0.39 is 11.4 Å². The van der Waals surface area contributed by atoms with E-state index in [-0.39, 0.29) is 19.1 Å². The summed E-state index contributed by atoms with van der Waals surface area (Å²) in [7, 11) is 1.47. The first kappa shape index (κ1) is 16.7. The van der Waals surface area contributed by atoms with Crippen molar-refractivity contribution in [3.05, 3.63) is 29.0 Å². The van der Waals surface area contributed by atoms with Gasteiger partial charge < -0.3 is 19.2 Å². The number of carboxylic acid groups (broad SMARTS) is 1. The van der Waals surface area contributed by atoms with Gasteiger partial charge in [0, 0.05) is 25.6 Å². The van der Waals surface area contributed by atoms with Crippen LogP contribution in [0.5, 0.6) is 0 Å². The van der Waals surface area contributed by atoms with Crippen LogP contribution in [0.3, 0.4) is 0 Å². The second-order valence-electron chi connectivity index (χ2n) is 5.94. The van der Waals surface area contributed by atoms with Crippen molar-refractivity contribution in [1.82, 2.24) is 9.88 Å². The first-order valence-electron chi connectivity index (χ1n) is 7.49. The van der Waals surface area contributed by atoms with E-state index in [1.54, 1.807) is 5.38 Å². The summed E-state index contributed by atoms with van der Waals surface area (Å²) in [5.41, 5.74) is -0.732. The van der Waals surface area contributed by atoms with Crippen LogP contribution in [0.4, 0.5) is 0 Å². The fourth-order valence-corrected chi connectivity index (χ4v) is 3.63. The van der Waals surface area contributed by atoms with Gasteiger partial charge in [0.15, 0.2) is 10.8 Å². The number of hydrogen-bond acceptors (Lipinski definition) is 6. The first-order chi connectivity index (χ1) is 11.4. The van der Waals surface area contributed by atoms with Crippen LogP contribution >= 0.6 is 11.3 Å². The minimum Gasteiger partial charge on any atom is -0.481 e. The van der Waals surface area contributed by atoms with Gasteiger partial charge >= 0.3 is 5.97 Å². The molecule has 1 aliphatic heterocycles. The second kappa shape index (κ2) is 6.37. The molecule has 1 amide bonds. The molecule has 2 aromatic rings. The molecule has 128 valence electrons. The molecule has 1 aliphatic rings. The van der Waals surface area contributed by atoms with E-state index in [1.807, 2.05) is 19.1 Å². The Morgan fingerprint density at radius 3 is 2.92 bits per heavy atom. The minimum atomic E-state index is -1.04. The maximum absolute atomic E-state index is 12.6. The number of amides is 1. The normalized spacial score (nSPS) is 20.5. The summed E-state index contributed by atoms with van der Waals surface area (Å²) in [5.74, 6) is 0.195. The predicted octanol–water partition coefficient (Wildman–Crippen LogP) is 2.27. The van der Waals surface area contributed by atoms with Crippen molar-refractivity contribution in [3.63, 3.8) is 0 Å². The average Bonchev–Trinajstić information content (AvgIpc) is 3.25. The summed E-state index contributed by atoms with van der Waals surface area (Å²) in [4.78, 5) is 30.0.